The molecule has 6 heteroatoms. The molecule has 0 saturated heterocycles. The Balaban J connectivity index is 1.60. The lowest BCUT2D eigenvalue weighted by atomic mass is 10.2. The van der Waals surface area contributed by atoms with Crippen LogP contribution in [0.25, 0.3) is 0 Å². The Morgan fingerprint density at radius 1 is 1.08 bits per heavy atom. The lowest BCUT2D eigenvalue weighted by Crippen LogP contribution is -2.23. The first-order chi connectivity index (χ1) is 12.7. The number of anilines is 2. The maximum atomic E-state index is 12.2. The van der Waals surface area contributed by atoms with Crippen molar-refractivity contribution < 1.29 is 4.79 Å². The van der Waals surface area contributed by atoms with E-state index in [0.29, 0.717) is 28.5 Å². The summed E-state index contributed by atoms with van der Waals surface area (Å²) in [5.41, 5.74) is 2.72. The van der Waals surface area contributed by atoms with Gasteiger partial charge in [0.2, 0.25) is 0 Å². The lowest BCUT2D eigenvalue weighted by Gasteiger charge is -2.08. The van der Waals surface area contributed by atoms with Crippen LogP contribution in [-0.4, -0.2) is 10.9 Å². The number of hydrogen-bond donors (Lipinski definition) is 2. The minimum atomic E-state index is -0.220. The van der Waals surface area contributed by atoms with E-state index < -0.39 is 0 Å². The van der Waals surface area contributed by atoms with E-state index in [1.807, 2.05) is 18.2 Å². The predicted molar refractivity (Wildman–Crippen MR) is 101 cm³/mol. The van der Waals surface area contributed by atoms with E-state index in [-0.39, 0.29) is 5.91 Å². The molecule has 2 N–H and O–H groups in total. The molecule has 0 radical (unpaired) electrons. The number of rotatable bonds is 5. The van der Waals surface area contributed by atoms with Gasteiger partial charge in [0.15, 0.2) is 0 Å². The van der Waals surface area contributed by atoms with E-state index in [1.54, 1.807) is 42.5 Å². The highest BCUT2D eigenvalue weighted by Gasteiger charge is 2.07. The van der Waals surface area contributed by atoms with Gasteiger partial charge in [-0.05, 0) is 48.0 Å². The van der Waals surface area contributed by atoms with Gasteiger partial charge in [-0.3, -0.25) is 4.79 Å². The van der Waals surface area contributed by atoms with Crippen LogP contribution in [0.5, 0.6) is 0 Å². The van der Waals surface area contributed by atoms with E-state index >= 15 is 0 Å². The molecule has 128 valence electrons. The lowest BCUT2D eigenvalue weighted by molar-refractivity contribution is 0.0950. The average molecular weight is 363 g/mol. The second-order valence-electron chi connectivity index (χ2n) is 5.52. The highest BCUT2D eigenvalue weighted by Crippen LogP contribution is 2.16. The standard InChI is InChI=1S/C20H15ClN4O/c21-18-4-2-1-3-15(18)12-24-20(26)16-7-10-19(23-13-16)25-17-8-5-14(11-22)6-9-17/h1-10,13H,12H2,(H,23,25)(H,24,26). The summed E-state index contributed by atoms with van der Waals surface area (Å²) in [5, 5.41) is 15.4. The van der Waals surface area contributed by atoms with Crippen molar-refractivity contribution in [3.63, 3.8) is 0 Å². The number of nitrogens with one attached hydrogen (secondary N) is 2. The summed E-state index contributed by atoms with van der Waals surface area (Å²) in [5.74, 6) is 0.389. The molecule has 1 heterocycles. The van der Waals surface area contributed by atoms with Gasteiger partial charge >= 0.3 is 0 Å². The van der Waals surface area contributed by atoms with E-state index in [9.17, 15) is 4.79 Å². The van der Waals surface area contributed by atoms with E-state index in [0.717, 1.165) is 11.3 Å². The van der Waals surface area contributed by atoms with Crippen molar-refractivity contribution in [1.29, 1.82) is 5.26 Å². The van der Waals surface area contributed by atoms with Crippen LogP contribution in [0.4, 0.5) is 11.5 Å². The minimum absolute atomic E-state index is 0.220. The van der Waals surface area contributed by atoms with Gasteiger partial charge in [-0.1, -0.05) is 29.8 Å². The molecule has 2 aromatic carbocycles. The van der Waals surface area contributed by atoms with Crippen LogP contribution in [0.2, 0.25) is 5.02 Å². The summed E-state index contributed by atoms with van der Waals surface area (Å²) >= 11 is 6.08. The number of pyridine rings is 1. The molecule has 3 rings (SSSR count). The Labute approximate surface area is 156 Å². The zero-order valence-corrected chi connectivity index (χ0v) is 14.5. The molecule has 5 nitrogen and oxygen atoms in total. The van der Waals surface area contributed by atoms with Crippen molar-refractivity contribution in [2.75, 3.05) is 5.32 Å². The number of carbonyl (C=O) groups is 1. The fourth-order valence-corrected chi connectivity index (χ4v) is 2.50. The van der Waals surface area contributed by atoms with Crippen LogP contribution in [0, 0.1) is 11.3 Å². The normalized spacial score (nSPS) is 10.0. The molecule has 1 aromatic heterocycles. The Bertz CT molecular complexity index is 947. The molecular formula is C20H15ClN4O. The second-order valence-corrected chi connectivity index (χ2v) is 5.93. The Hall–Kier alpha value is -3.36. The number of aromatic nitrogens is 1. The number of amides is 1. The second kappa shape index (κ2) is 8.15. The SMILES string of the molecule is N#Cc1ccc(Nc2ccc(C(=O)NCc3ccccc3Cl)cn2)cc1. The maximum Gasteiger partial charge on any atom is 0.253 e. The summed E-state index contributed by atoms with van der Waals surface area (Å²) in [6.07, 6.45) is 1.51. The van der Waals surface area contributed by atoms with E-state index in [2.05, 4.69) is 21.7 Å². The summed E-state index contributed by atoms with van der Waals surface area (Å²) in [4.78, 5) is 16.5. The van der Waals surface area contributed by atoms with Gasteiger partial charge in [-0.25, -0.2) is 4.98 Å². The minimum Gasteiger partial charge on any atom is -0.348 e. The summed E-state index contributed by atoms with van der Waals surface area (Å²) in [6.45, 7) is 0.351. The van der Waals surface area contributed by atoms with Gasteiger partial charge in [-0.15, -0.1) is 0 Å². The number of halogens is 1. The van der Waals surface area contributed by atoms with Gasteiger partial charge < -0.3 is 10.6 Å². The zero-order chi connectivity index (χ0) is 18.4. The molecule has 0 saturated carbocycles. The van der Waals surface area contributed by atoms with Crippen molar-refractivity contribution in [3.8, 4) is 6.07 Å². The third-order valence-corrected chi connectivity index (χ3v) is 4.08. The van der Waals surface area contributed by atoms with Gasteiger partial charge in [0.1, 0.15) is 5.82 Å². The van der Waals surface area contributed by atoms with Crippen molar-refractivity contribution in [1.82, 2.24) is 10.3 Å². The van der Waals surface area contributed by atoms with Crippen LogP contribution in [-0.2, 0) is 6.54 Å². The highest BCUT2D eigenvalue weighted by molar-refractivity contribution is 6.31. The summed E-state index contributed by atoms with van der Waals surface area (Å²) in [7, 11) is 0. The monoisotopic (exact) mass is 362 g/mol. The summed E-state index contributed by atoms with van der Waals surface area (Å²) in [6, 6.07) is 19.9. The molecular weight excluding hydrogens is 348 g/mol. The van der Waals surface area contributed by atoms with Gasteiger partial charge in [0, 0.05) is 23.5 Å². The molecule has 0 bridgehead atoms. The first kappa shape index (κ1) is 17.5. The molecule has 0 spiro atoms. The molecule has 0 aliphatic carbocycles. The van der Waals surface area contributed by atoms with Gasteiger partial charge in [0.05, 0.1) is 17.2 Å². The smallest absolute Gasteiger partial charge is 0.253 e. The number of nitrogens with zero attached hydrogens (tertiary/aromatic N) is 2. The molecule has 0 aliphatic heterocycles. The van der Waals surface area contributed by atoms with Crippen LogP contribution >= 0.6 is 11.6 Å². The number of nitriles is 1. The quantitative estimate of drug-likeness (QED) is 0.710. The van der Waals surface area contributed by atoms with E-state index in [1.165, 1.54) is 6.20 Å². The molecule has 0 aliphatic rings. The van der Waals surface area contributed by atoms with Crippen molar-refractivity contribution in [2.24, 2.45) is 0 Å². The molecule has 1 amide bonds. The largest absolute Gasteiger partial charge is 0.348 e. The highest BCUT2D eigenvalue weighted by atomic mass is 35.5. The van der Waals surface area contributed by atoms with Crippen molar-refractivity contribution >= 4 is 29.0 Å². The fraction of sp³-hybridized carbons (Fsp3) is 0.0500. The number of hydrogen-bond acceptors (Lipinski definition) is 4. The van der Waals surface area contributed by atoms with Crippen LogP contribution in [0.3, 0.4) is 0 Å². The number of carbonyl (C=O) groups excluding carboxylic acids is 1. The maximum absolute atomic E-state index is 12.2. The average Bonchev–Trinajstić information content (AvgIpc) is 2.68. The third-order valence-electron chi connectivity index (χ3n) is 3.71. The Kier molecular flexibility index (Phi) is 5.47. The first-order valence-electron chi connectivity index (χ1n) is 7.90. The van der Waals surface area contributed by atoms with Crippen LogP contribution < -0.4 is 10.6 Å². The Morgan fingerprint density at radius 2 is 1.85 bits per heavy atom. The van der Waals surface area contributed by atoms with Crippen LogP contribution in [0.1, 0.15) is 21.5 Å². The molecule has 0 atom stereocenters. The predicted octanol–water partition coefficient (Wildman–Crippen LogP) is 4.28. The topological polar surface area (TPSA) is 77.8 Å². The third kappa shape index (κ3) is 4.38. The van der Waals surface area contributed by atoms with Crippen molar-refractivity contribution in [2.45, 2.75) is 6.54 Å². The zero-order valence-electron chi connectivity index (χ0n) is 13.7. The summed E-state index contributed by atoms with van der Waals surface area (Å²) < 4.78 is 0. The Morgan fingerprint density at radius 3 is 2.50 bits per heavy atom. The van der Waals surface area contributed by atoms with Crippen LogP contribution in [0.15, 0.2) is 66.9 Å². The number of benzene rings is 2. The fourth-order valence-electron chi connectivity index (χ4n) is 2.30. The van der Waals surface area contributed by atoms with Crippen molar-refractivity contribution in [3.05, 3.63) is 88.6 Å². The van der Waals surface area contributed by atoms with Gasteiger partial charge in [0.25, 0.3) is 5.91 Å². The molecule has 3 aromatic rings. The molecule has 0 fully saturated rings. The first-order valence-corrected chi connectivity index (χ1v) is 8.28. The van der Waals surface area contributed by atoms with Gasteiger partial charge in [-0.2, -0.15) is 5.26 Å². The molecule has 26 heavy (non-hydrogen) atoms. The molecule has 0 unspecified atom stereocenters. The van der Waals surface area contributed by atoms with E-state index in [4.69, 9.17) is 16.9 Å².